The number of nitrogens with one attached hydrogen (secondary N) is 2. The molecule has 2 aromatic heterocycles. The van der Waals surface area contributed by atoms with Gasteiger partial charge in [-0.25, -0.2) is 9.37 Å². The molecule has 3 heterocycles. The van der Waals surface area contributed by atoms with Gasteiger partial charge in [-0.1, -0.05) is 0 Å². The summed E-state index contributed by atoms with van der Waals surface area (Å²) in [7, 11) is 0. The van der Waals surface area contributed by atoms with Crippen LogP contribution in [0.2, 0.25) is 0 Å². The van der Waals surface area contributed by atoms with Crippen molar-refractivity contribution in [2.24, 2.45) is 5.41 Å². The van der Waals surface area contributed by atoms with Crippen molar-refractivity contribution >= 4 is 34.2 Å². The summed E-state index contributed by atoms with van der Waals surface area (Å²) in [6, 6.07) is 15.7. The highest BCUT2D eigenvalue weighted by Gasteiger charge is 2.56. The Hall–Kier alpha value is -4.73. The average molecular weight is 500 g/mol. The summed E-state index contributed by atoms with van der Waals surface area (Å²) in [5, 5.41) is 5.50. The largest absolute Gasteiger partial charge is 0.484 e. The summed E-state index contributed by atoms with van der Waals surface area (Å²) in [5.74, 6) is 0.753. The molecule has 9 nitrogen and oxygen atoms in total. The van der Waals surface area contributed by atoms with Crippen LogP contribution in [0, 0.1) is 11.2 Å². The zero-order valence-electron chi connectivity index (χ0n) is 19.5. The van der Waals surface area contributed by atoms with Crippen molar-refractivity contribution in [1.82, 2.24) is 9.97 Å². The minimum Gasteiger partial charge on any atom is -0.484 e. The molecule has 0 atom stereocenters. The second-order valence-corrected chi connectivity index (χ2v) is 8.79. The van der Waals surface area contributed by atoms with Gasteiger partial charge in [0.2, 0.25) is 11.8 Å². The molecule has 10 heteroatoms. The number of hydrogen-bond donors (Lipinski definition) is 2. The lowest BCUT2D eigenvalue weighted by Crippen LogP contribution is -2.35. The predicted molar refractivity (Wildman–Crippen MR) is 132 cm³/mol. The zero-order valence-corrected chi connectivity index (χ0v) is 19.5. The third-order valence-corrected chi connectivity index (χ3v) is 6.25. The number of carbonyl (C=O) groups is 2. The maximum Gasteiger partial charge on any atom is 0.257 e. The predicted octanol–water partition coefficient (Wildman–Crippen LogP) is 4.69. The number of aromatic nitrogens is 2. The summed E-state index contributed by atoms with van der Waals surface area (Å²) in [4.78, 5) is 34.5. The Labute approximate surface area is 210 Å². The topological polar surface area (TPSA) is 112 Å². The summed E-state index contributed by atoms with van der Waals surface area (Å²) in [6.07, 6.45) is 2.50. The fourth-order valence-electron chi connectivity index (χ4n) is 4.04. The number of amides is 2. The van der Waals surface area contributed by atoms with E-state index in [0.29, 0.717) is 71.6 Å². The minimum atomic E-state index is -1.14. The van der Waals surface area contributed by atoms with Gasteiger partial charge >= 0.3 is 0 Å². The number of halogens is 1. The van der Waals surface area contributed by atoms with E-state index in [2.05, 4.69) is 20.6 Å². The molecule has 0 unspecified atom stereocenters. The van der Waals surface area contributed by atoms with Crippen molar-refractivity contribution in [2.45, 2.75) is 12.8 Å². The molecule has 1 fully saturated rings. The third kappa shape index (κ3) is 4.49. The Balaban J connectivity index is 1.14. The molecular weight excluding hydrogens is 479 g/mol. The highest BCUT2D eigenvalue weighted by Crippen LogP contribution is 2.47. The smallest absolute Gasteiger partial charge is 0.257 e. The van der Waals surface area contributed by atoms with E-state index in [-0.39, 0.29) is 0 Å². The molecule has 2 N–H and O–H groups in total. The van der Waals surface area contributed by atoms with Crippen molar-refractivity contribution in [3.05, 3.63) is 72.7 Å². The molecule has 0 spiro atoms. The number of ether oxygens (including phenoxy) is 3. The van der Waals surface area contributed by atoms with E-state index in [4.69, 9.17) is 14.2 Å². The Morgan fingerprint density at radius 1 is 0.892 bits per heavy atom. The summed E-state index contributed by atoms with van der Waals surface area (Å²) >= 11 is 0. The van der Waals surface area contributed by atoms with Gasteiger partial charge in [-0.05, 0) is 61.4 Å². The van der Waals surface area contributed by atoms with Crippen molar-refractivity contribution in [3.63, 3.8) is 0 Å². The molecule has 0 radical (unpaired) electrons. The number of hydrogen-bond acceptors (Lipinski definition) is 7. The van der Waals surface area contributed by atoms with E-state index in [9.17, 15) is 14.0 Å². The molecule has 2 amide bonds. The van der Waals surface area contributed by atoms with Gasteiger partial charge in [0.15, 0.2) is 11.5 Å². The fraction of sp³-hybridized carbons (Fsp3) is 0.185. The standard InChI is InChI=1S/C27H21FN4O5/c28-16-1-3-17(4-2-16)30-25(33)27(10-11-27)26(34)31-18-5-7-19(8-6-18)37-21-9-12-29-20-15-22-24(32-23(20)21)36-14-13-35-22/h1-9,12,15H,10-11,13-14H2,(H,30,33)(H,31,34). The quantitative estimate of drug-likeness (QED) is 0.370. The van der Waals surface area contributed by atoms with E-state index in [0.717, 1.165) is 0 Å². The van der Waals surface area contributed by atoms with Gasteiger partial charge in [0.25, 0.3) is 5.88 Å². The molecule has 37 heavy (non-hydrogen) atoms. The van der Waals surface area contributed by atoms with Crippen LogP contribution in [0.15, 0.2) is 66.9 Å². The lowest BCUT2D eigenvalue weighted by atomic mass is 10.0. The summed E-state index contributed by atoms with van der Waals surface area (Å²) < 4.78 is 30.3. The van der Waals surface area contributed by atoms with Gasteiger partial charge in [0.05, 0.1) is 5.52 Å². The van der Waals surface area contributed by atoms with Gasteiger partial charge in [-0.2, -0.15) is 0 Å². The number of carbonyl (C=O) groups excluding carboxylic acids is 2. The molecule has 4 aromatic rings. The number of benzene rings is 2. The first-order chi connectivity index (χ1) is 18.0. The molecule has 1 saturated carbocycles. The monoisotopic (exact) mass is 500 g/mol. The van der Waals surface area contributed by atoms with Crippen molar-refractivity contribution in [2.75, 3.05) is 23.8 Å². The van der Waals surface area contributed by atoms with Crippen LogP contribution in [0.5, 0.6) is 23.1 Å². The van der Waals surface area contributed by atoms with Crippen LogP contribution >= 0.6 is 0 Å². The second-order valence-electron chi connectivity index (χ2n) is 8.79. The Morgan fingerprint density at radius 3 is 2.22 bits per heavy atom. The molecule has 0 saturated heterocycles. The molecular formula is C27H21FN4O5. The van der Waals surface area contributed by atoms with Gasteiger partial charge in [0, 0.05) is 29.7 Å². The number of rotatable bonds is 6. The van der Waals surface area contributed by atoms with E-state index in [1.54, 1.807) is 42.6 Å². The van der Waals surface area contributed by atoms with Gasteiger partial charge < -0.3 is 24.8 Å². The molecule has 186 valence electrons. The molecule has 6 rings (SSSR count). The summed E-state index contributed by atoms with van der Waals surface area (Å²) in [5.41, 5.74) is 0.960. The van der Waals surface area contributed by atoms with E-state index in [1.165, 1.54) is 24.3 Å². The lowest BCUT2D eigenvalue weighted by molar-refractivity contribution is -0.131. The van der Waals surface area contributed by atoms with Crippen LogP contribution in [-0.4, -0.2) is 35.0 Å². The lowest BCUT2D eigenvalue weighted by Gasteiger charge is -2.18. The first-order valence-electron chi connectivity index (χ1n) is 11.7. The fourth-order valence-corrected chi connectivity index (χ4v) is 4.04. The number of anilines is 2. The first kappa shape index (κ1) is 22.7. The number of fused-ring (bicyclic) bond motifs is 2. The molecule has 0 bridgehead atoms. The average Bonchev–Trinajstić information content (AvgIpc) is 3.73. The van der Waals surface area contributed by atoms with Crippen molar-refractivity contribution in [1.29, 1.82) is 0 Å². The Kier molecular flexibility index (Phi) is 5.56. The van der Waals surface area contributed by atoms with E-state index in [1.807, 2.05) is 0 Å². The van der Waals surface area contributed by atoms with Crippen LogP contribution in [0.1, 0.15) is 12.8 Å². The second kappa shape index (κ2) is 9.05. The highest BCUT2D eigenvalue weighted by molar-refractivity contribution is 6.16. The third-order valence-electron chi connectivity index (χ3n) is 6.25. The van der Waals surface area contributed by atoms with Crippen LogP contribution in [0.25, 0.3) is 11.0 Å². The van der Waals surface area contributed by atoms with Gasteiger partial charge in [-0.15, -0.1) is 0 Å². The van der Waals surface area contributed by atoms with Crippen LogP contribution < -0.4 is 24.8 Å². The van der Waals surface area contributed by atoms with Crippen LogP contribution in [-0.2, 0) is 9.59 Å². The van der Waals surface area contributed by atoms with E-state index < -0.39 is 23.0 Å². The number of nitrogens with zero attached hydrogens (tertiary/aromatic N) is 2. The minimum absolute atomic E-state index is 0.392. The highest BCUT2D eigenvalue weighted by atomic mass is 19.1. The van der Waals surface area contributed by atoms with Gasteiger partial charge in [-0.3, -0.25) is 14.6 Å². The molecule has 2 aliphatic rings. The molecule has 2 aromatic carbocycles. The maximum absolute atomic E-state index is 13.1. The Morgan fingerprint density at radius 2 is 1.54 bits per heavy atom. The van der Waals surface area contributed by atoms with Crippen molar-refractivity contribution < 1.29 is 28.2 Å². The van der Waals surface area contributed by atoms with Crippen LogP contribution in [0.4, 0.5) is 15.8 Å². The Bertz CT molecular complexity index is 1500. The SMILES string of the molecule is O=C(Nc1ccc(F)cc1)C1(C(=O)Nc2ccc(Oc3ccnc4cc5c(nc34)OCCO5)cc2)CC1. The first-order valence-corrected chi connectivity index (χ1v) is 11.7. The maximum atomic E-state index is 13.1. The molecule has 1 aliphatic carbocycles. The van der Waals surface area contributed by atoms with E-state index >= 15 is 0 Å². The normalized spacial score (nSPS) is 15.1. The van der Waals surface area contributed by atoms with Crippen LogP contribution in [0.3, 0.4) is 0 Å². The molecule has 1 aliphatic heterocycles. The summed E-state index contributed by atoms with van der Waals surface area (Å²) in [6.45, 7) is 0.879. The van der Waals surface area contributed by atoms with Gasteiger partial charge in [0.1, 0.15) is 35.7 Å². The van der Waals surface area contributed by atoms with Crippen molar-refractivity contribution in [3.8, 4) is 23.1 Å². The number of pyridine rings is 2. The zero-order chi connectivity index (χ0) is 25.4.